The predicted molar refractivity (Wildman–Crippen MR) is 60.7 cm³/mol. The summed E-state index contributed by atoms with van der Waals surface area (Å²) >= 11 is 1.93. The lowest BCUT2D eigenvalue weighted by Gasteiger charge is -2.18. The van der Waals surface area contributed by atoms with Crippen molar-refractivity contribution in [2.45, 2.75) is 42.9 Å². The molecular formula is C12H16OS. The van der Waals surface area contributed by atoms with Crippen molar-refractivity contribution >= 4 is 11.8 Å². The molecule has 2 heteroatoms. The number of fused-ring (bicyclic) bond motifs is 1. The van der Waals surface area contributed by atoms with Gasteiger partial charge in [-0.25, -0.2) is 0 Å². The van der Waals surface area contributed by atoms with Crippen molar-refractivity contribution in [1.82, 2.24) is 0 Å². The Morgan fingerprint density at radius 2 is 2.14 bits per heavy atom. The van der Waals surface area contributed by atoms with Crippen molar-refractivity contribution < 1.29 is 5.11 Å². The minimum atomic E-state index is -0.717. The van der Waals surface area contributed by atoms with E-state index in [1.54, 1.807) is 0 Å². The second-order valence-electron chi connectivity index (χ2n) is 4.51. The van der Waals surface area contributed by atoms with E-state index in [0.29, 0.717) is 5.25 Å². The molecule has 0 amide bonds. The minimum absolute atomic E-state index is 0.682. The summed E-state index contributed by atoms with van der Waals surface area (Å²) in [5.41, 5.74) is 1.69. The van der Waals surface area contributed by atoms with E-state index < -0.39 is 5.60 Å². The van der Waals surface area contributed by atoms with E-state index in [4.69, 9.17) is 0 Å². The number of hydrogen-bond donors (Lipinski definition) is 1. The zero-order valence-corrected chi connectivity index (χ0v) is 9.69. The number of aliphatic hydroxyl groups is 1. The highest BCUT2D eigenvalue weighted by molar-refractivity contribution is 8.00. The SMILES string of the molecule is CC1Cc2cc(C(C)(C)O)ccc2S1. The van der Waals surface area contributed by atoms with E-state index in [0.717, 1.165) is 12.0 Å². The topological polar surface area (TPSA) is 20.2 Å². The van der Waals surface area contributed by atoms with Crippen LogP contribution in [0.15, 0.2) is 23.1 Å². The number of hydrogen-bond acceptors (Lipinski definition) is 2. The monoisotopic (exact) mass is 208 g/mol. The Kier molecular flexibility index (Phi) is 2.36. The summed E-state index contributed by atoms with van der Waals surface area (Å²) in [6.07, 6.45) is 1.13. The standard InChI is InChI=1S/C12H16OS/c1-8-6-9-7-10(12(2,3)13)4-5-11(9)14-8/h4-5,7-8,13H,6H2,1-3H3. The van der Waals surface area contributed by atoms with E-state index in [1.807, 2.05) is 31.7 Å². The molecule has 14 heavy (non-hydrogen) atoms. The quantitative estimate of drug-likeness (QED) is 0.765. The van der Waals surface area contributed by atoms with Crippen LogP contribution in [-0.4, -0.2) is 10.4 Å². The summed E-state index contributed by atoms with van der Waals surface area (Å²) in [5, 5.41) is 10.6. The zero-order valence-electron chi connectivity index (χ0n) is 8.87. The number of thioether (sulfide) groups is 1. The van der Waals surface area contributed by atoms with Crippen molar-refractivity contribution in [2.24, 2.45) is 0 Å². The molecule has 1 unspecified atom stereocenters. The highest BCUT2D eigenvalue weighted by Gasteiger charge is 2.22. The molecular weight excluding hydrogens is 192 g/mol. The summed E-state index contributed by atoms with van der Waals surface area (Å²) in [4.78, 5) is 1.38. The third-order valence-corrected chi connectivity index (χ3v) is 3.82. The van der Waals surface area contributed by atoms with Gasteiger partial charge in [0.05, 0.1) is 5.60 Å². The smallest absolute Gasteiger partial charge is 0.0840 e. The summed E-state index contributed by atoms with van der Waals surface area (Å²) in [5.74, 6) is 0. The Bertz CT molecular complexity index is 352. The van der Waals surface area contributed by atoms with Gasteiger partial charge in [0.2, 0.25) is 0 Å². The van der Waals surface area contributed by atoms with Crippen LogP contribution in [0, 0.1) is 0 Å². The summed E-state index contributed by atoms with van der Waals surface area (Å²) in [7, 11) is 0. The molecule has 0 fully saturated rings. The van der Waals surface area contributed by atoms with Crippen molar-refractivity contribution in [2.75, 3.05) is 0 Å². The molecule has 0 spiro atoms. The van der Waals surface area contributed by atoms with E-state index >= 15 is 0 Å². The Morgan fingerprint density at radius 3 is 2.79 bits per heavy atom. The third-order valence-electron chi connectivity index (χ3n) is 2.60. The first kappa shape index (κ1) is 10.1. The van der Waals surface area contributed by atoms with Crippen LogP contribution in [-0.2, 0) is 12.0 Å². The molecule has 1 aliphatic heterocycles. The molecule has 1 aliphatic rings. The highest BCUT2D eigenvalue weighted by atomic mass is 32.2. The Labute approximate surface area is 89.5 Å². The molecule has 1 atom stereocenters. The molecule has 1 N–H and O–H groups in total. The lowest BCUT2D eigenvalue weighted by atomic mass is 9.95. The molecule has 0 saturated carbocycles. The third kappa shape index (κ3) is 1.82. The van der Waals surface area contributed by atoms with E-state index in [-0.39, 0.29) is 0 Å². The van der Waals surface area contributed by atoms with Gasteiger partial charge in [-0.2, -0.15) is 0 Å². The van der Waals surface area contributed by atoms with Gasteiger partial charge < -0.3 is 5.11 Å². The van der Waals surface area contributed by atoms with Gasteiger partial charge in [-0.3, -0.25) is 0 Å². The maximum Gasteiger partial charge on any atom is 0.0840 e. The van der Waals surface area contributed by atoms with E-state index in [1.165, 1.54) is 10.5 Å². The van der Waals surface area contributed by atoms with Gasteiger partial charge in [0, 0.05) is 10.1 Å². The van der Waals surface area contributed by atoms with Crippen molar-refractivity contribution in [3.05, 3.63) is 29.3 Å². The van der Waals surface area contributed by atoms with Crippen LogP contribution < -0.4 is 0 Å². The van der Waals surface area contributed by atoms with E-state index in [2.05, 4.69) is 19.1 Å². The Morgan fingerprint density at radius 1 is 1.43 bits per heavy atom. The molecule has 1 nitrogen and oxygen atoms in total. The zero-order chi connectivity index (χ0) is 10.3. The van der Waals surface area contributed by atoms with E-state index in [9.17, 15) is 5.11 Å². The largest absolute Gasteiger partial charge is 0.386 e. The average molecular weight is 208 g/mol. The van der Waals surface area contributed by atoms with Crippen molar-refractivity contribution in [1.29, 1.82) is 0 Å². The fraction of sp³-hybridized carbons (Fsp3) is 0.500. The average Bonchev–Trinajstić information content (AvgIpc) is 2.41. The minimum Gasteiger partial charge on any atom is -0.386 e. The predicted octanol–water partition coefficient (Wildman–Crippen LogP) is 2.95. The summed E-state index contributed by atoms with van der Waals surface area (Å²) < 4.78 is 0. The van der Waals surface area contributed by atoms with Crippen LogP contribution in [0.4, 0.5) is 0 Å². The fourth-order valence-electron chi connectivity index (χ4n) is 1.80. The first-order valence-electron chi connectivity index (χ1n) is 4.99. The second-order valence-corrected chi connectivity index (χ2v) is 5.99. The number of rotatable bonds is 1. The van der Waals surface area contributed by atoms with Crippen LogP contribution in [0.5, 0.6) is 0 Å². The molecule has 76 valence electrons. The van der Waals surface area contributed by atoms with Crippen LogP contribution >= 0.6 is 11.8 Å². The van der Waals surface area contributed by atoms with Gasteiger partial charge in [0.1, 0.15) is 0 Å². The molecule has 1 heterocycles. The summed E-state index contributed by atoms with van der Waals surface area (Å²) in [6.45, 7) is 5.91. The maximum atomic E-state index is 9.88. The van der Waals surface area contributed by atoms with Gasteiger partial charge in [0.25, 0.3) is 0 Å². The molecule has 2 rings (SSSR count). The van der Waals surface area contributed by atoms with Crippen LogP contribution in [0.1, 0.15) is 31.9 Å². The van der Waals surface area contributed by atoms with Gasteiger partial charge in [-0.05, 0) is 37.5 Å². The van der Waals surface area contributed by atoms with Gasteiger partial charge in [0.15, 0.2) is 0 Å². The normalized spacial score (nSPS) is 21.0. The van der Waals surface area contributed by atoms with Gasteiger partial charge in [-0.15, -0.1) is 11.8 Å². The second kappa shape index (κ2) is 3.28. The van der Waals surface area contributed by atoms with Crippen LogP contribution in [0.2, 0.25) is 0 Å². The first-order chi connectivity index (χ1) is 6.47. The molecule has 1 aromatic carbocycles. The molecule has 0 radical (unpaired) electrons. The van der Waals surface area contributed by atoms with Gasteiger partial charge >= 0.3 is 0 Å². The van der Waals surface area contributed by atoms with Crippen molar-refractivity contribution in [3.8, 4) is 0 Å². The number of benzene rings is 1. The Balaban J connectivity index is 2.38. The maximum absolute atomic E-state index is 9.88. The first-order valence-corrected chi connectivity index (χ1v) is 5.87. The highest BCUT2D eigenvalue weighted by Crippen LogP contribution is 2.38. The van der Waals surface area contributed by atoms with Crippen LogP contribution in [0.3, 0.4) is 0 Å². The lowest BCUT2D eigenvalue weighted by Crippen LogP contribution is -2.15. The fourth-order valence-corrected chi connectivity index (χ4v) is 2.94. The van der Waals surface area contributed by atoms with Crippen molar-refractivity contribution in [3.63, 3.8) is 0 Å². The lowest BCUT2D eigenvalue weighted by molar-refractivity contribution is 0.0784. The molecule has 0 aromatic heterocycles. The Hall–Kier alpha value is -0.470. The van der Waals surface area contributed by atoms with Gasteiger partial charge in [-0.1, -0.05) is 19.1 Å². The molecule has 1 aromatic rings. The molecule has 0 saturated heterocycles. The molecule has 0 aliphatic carbocycles. The summed E-state index contributed by atoms with van der Waals surface area (Å²) in [6, 6.07) is 6.31. The molecule has 0 bridgehead atoms. The van der Waals surface area contributed by atoms with Crippen LogP contribution in [0.25, 0.3) is 0 Å².